The third-order valence-electron chi connectivity index (χ3n) is 2.58. The molecule has 0 amide bonds. The first-order valence-electron chi connectivity index (χ1n) is 6.06. The number of rotatable bonds is 5. The molecule has 4 nitrogen and oxygen atoms in total. The summed E-state index contributed by atoms with van der Waals surface area (Å²) in [6.07, 6.45) is 0. The van der Waals surface area contributed by atoms with Crippen molar-refractivity contribution in [3.8, 4) is 0 Å². The molecule has 98 valence electrons. The van der Waals surface area contributed by atoms with Crippen molar-refractivity contribution in [2.24, 2.45) is 5.73 Å². The zero-order valence-electron chi connectivity index (χ0n) is 11.2. The van der Waals surface area contributed by atoms with Crippen LogP contribution in [0.4, 0.5) is 0 Å². The standard InChI is InChI=1S/C14H20N2O2/c1-4-18-14(17)13(11(3)15)16-9-12-7-5-10(2)6-8-12/h5-8,16H,4,9,15H2,1-3H3/p+1/b13-11-. The highest BCUT2D eigenvalue weighted by atomic mass is 16.5. The summed E-state index contributed by atoms with van der Waals surface area (Å²) in [5, 5.41) is 1.82. The van der Waals surface area contributed by atoms with Crippen molar-refractivity contribution < 1.29 is 14.8 Å². The van der Waals surface area contributed by atoms with Crippen LogP contribution in [-0.2, 0) is 16.1 Å². The highest BCUT2D eigenvalue weighted by Gasteiger charge is 2.17. The maximum absolute atomic E-state index is 11.7. The van der Waals surface area contributed by atoms with E-state index in [1.165, 1.54) is 5.56 Å². The summed E-state index contributed by atoms with van der Waals surface area (Å²) in [4.78, 5) is 11.7. The lowest BCUT2D eigenvalue weighted by Gasteiger charge is -2.07. The molecule has 18 heavy (non-hydrogen) atoms. The van der Waals surface area contributed by atoms with Gasteiger partial charge in [-0.25, -0.2) is 4.79 Å². The molecule has 0 fully saturated rings. The predicted octanol–water partition coefficient (Wildman–Crippen LogP) is 0.812. The van der Waals surface area contributed by atoms with Gasteiger partial charge in [-0.15, -0.1) is 0 Å². The minimum atomic E-state index is -0.357. The number of nitrogens with two attached hydrogens (primary N) is 2. The summed E-state index contributed by atoms with van der Waals surface area (Å²) in [6, 6.07) is 8.18. The van der Waals surface area contributed by atoms with Crippen molar-refractivity contribution >= 4 is 5.97 Å². The third kappa shape index (κ3) is 4.22. The first kappa shape index (κ1) is 14.3. The number of hydrogen-bond donors (Lipinski definition) is 2. The van der Waals surface area contributed by atoms with Crippen LogP contribution in [0.15, 0.2) is 35.7 Å². The second-order valence-electron chi connectivity index (χ2n) is 4.21. The van der Waals surface area contributed by atoms with Crippen LogP contribution < -0.4 is 11.1 Å². The zero-order valence-corrected chi connectivity index (χ0v) is 11.2. The van der Waals surface area contributed by atoms with Crippen molar-refractivity contribution in [1.29, 1.82) is 0 Å². The molecule has 4 N–H and O–H groups in total. The van der Waals surface area contributed by atoms with Crippen LogP contribution >= 0.6 is 0 Å². The van der Waals surface area contributed by atoms with E-state index in [1.807, 2.05) is 36.5 Å². The van der Waals surface area contributed by atoms with Gasteiger partial charge in [-0.2, -0.15) is 0 Å². The van der Waals surface area contributed by atoms with Crippen LogP contribution in [0.3, 0.4) is 0 Å². The average Bonchev–Trinajstić information content (AvgIpc) is 2.31. The molecular weight excluding hydrogens is 228 g/mol. The maximum Gasteiger partial charge on any atom is 0.394 e. The molecule has 0 saturated heterocycles. The molecule has 0 aliphatic rings. The zero-order chi connectivity index (χ0) is 13.5. The first-order chi connectivity index (χ1) is 8.54. The van der Waals surface area contributed by atoms with Gasteiger partial charge in [0.1, 0.15) is 6.54 Å². The van der Waals surface area contributed by atoms with Gasteiger partial charge in [0.2, 0.25) is 5.70 Å². The molecule has 1 aromatic rings. The SMILES string of the molecule is CCOC(=O)/C([NH2+]Cc1ccc(C)cc1)=C(\C)N. The number of aryl methyl sites for hydroxylation is 1. The summed E-state index contributed by atoms with van der Waals surface area (Å²) in [6.45, 7) is 6.55. The van der Waals surface area contributed by atoms with Gasteiger partial charge in [-0.1, -0.05) is 29.8 Å². The number of hydrogen-bond acceptors (Lipinski definition) is 3. The van der Waals surface area contributed by atoms with Crippen LogP contribution in [0.5, 0.6) is 0 Å². The van der Waals surface area contributed by atoms with Crippen LogP contribution in [0.1, 0.15) is 25.0 Å². The number of carbonyl (C=O) groups excluding carboxylic acids is 1. The summed E-state index contributed by atoms with van der Waals surface area (Å²) in [7, 11) is 0. The molecule has 0 atom stereocenters. The Kier molecular flexibility index (Phi) is 5.39. The van der Waals surface area contributed by atoms with Gasteiger partial charge in [-0.05, 0) is 20.8 Å². The second-order valence-corrected chi connectivity index (χ2v) is 4.21. The highest BCUT2D eigenvalue weighted by Crippen LogP contribution is 2.01. The number of esters is 1. The molecule has 0 aromatic heterocycles. The van der Waals surface area contributed by atoms with Crippen molar-refractivity contribution in [3.05, 3.63) is 46.8 Å². The molecule has 0 saturated carbocycles. The number of allylic oxidation sites excluding steroid dienone is 1. The van der Waals surface area contributed by atoms with Gasteiger partial charge >= 0.3 is 5.97 Å². The lowest BCUT2D eigenvalue weighted by molar-refractivity contribution is -0.619. The van der Waals surface area contributed by atoms with Gasteiger partial charge in [-0.3, -0.25) is 0 Å². The van der Waals surface area contributed by atoms with E-state index >= 15 is 0 Å². The fraction of sp³-hybridized carbons (Fsp3) is 0.357. The van der Waals surface area contributed by atoms with Gasteiger partial charge in [0, 0.05) is 5.56 Å². The minimum Gasteiger partial charge on any atom is -0.458 e. The topological polar surface area (TPSA) is 68.9 Å². The molecule has 0 bridgehead atoms. The average molecular weight is 249 g/mol. The number of carbonyl (C=O) groups is 1. The Morgan fingerprint density at radius 2 is 1.94 bits per heavy atom. The highest BCUT2D eigenvalue weighted by molar-refractivity contribution is 5.85. The van der Waals surface area contributed by atoms with Crippen LogP contribution in [0.2, 0.25) is 0 Å². The van der Waals surface area contributed by atoms with Crippen molar-refractivity contribution in [2.45, 2.75) is 27.3 Å². The minimum absolute atomic E-state index is 0.355. The van der Waals surface area contributed by atoms with Gasteiger partial charge in [0.25, 0.3) is 0 Å². The van der Waals surface area contributed by atoms with Crippen LogP contribution in [0.25, 0.3) is 0 Å². The fourth-order valence-corrected chi connectivity index (χ4v) is 1.56. The molecule has 1 aromatic carbocycles. The lowest BCUT2D eigenvalue weighted by Crippen LogP contribution is -2.82. The second kappa shape index (κ2) is 6.81. The van der Waals surface area contributed by atoms with Gasteiger partial charge in [0.05, 0.1) is 12.3 Å². The first-order valence-corrected chi connectivity index (χ1v) is 6.06. The molecule has 0 aliphatic carbocycles. The van der Waals surface area contributed by atoms with Crippen molar-refractivity contribution in [1.82, 2.24) is 0 Å². The molecule has 0 heterocycles. The molecule has 0 radical (unpaired) electrons. The Hall–Kier alpha value is -1.81. The van der Waals surface area contributed by atoms with E-state index in [2.05, 4.69) is 0 Å². The summed E-state index contributed by atoms with van der Waals surface area (Å²) < 4.78 is 4.96. The Bertz CT molecular complexity index is 432. The number of quaternary nitrogens is 1. The summed E-state index contributed by atoms with van der Waals surface area (Å²) >= 11 is 0. The Morgan fingerprint density at radius 1 is 1.33 bits per heavy atom. The third-order valence-corrected chi connectivity index (χ3v) is 2.58. The van der Waals surface area contributed by atoms with Crippen molar-refractivity contribution in [2.75, 3.05) is 6.61 Å². The van der Waals surface area contributed by atoms with Crippen molar-refractivity contribution in [3.63, 3.8) is 0 Å². The fourth-order valence-electron chi connectivity index (χ4n) is 1.56. The van der Waals surface area contributed by atoms with Crippen LogP contribution in [0, 0.1) is 6.92 Å². The van der Waals surface area contributed by atoms with Gasteiger partial charge < -0.3 is 15.8 Å². The predicted molar refractivity (Wildman–Crippen MR) is 70.3 cm³/mol. The molecule has 0 spiro atoms. The summed E-state index contributed by atoms with van der Waals surface area (Å²) in [5.74, 6) is -0.357. The summed E-state index contributed by atoms with van der Waals surface area (Å²) in [5.41, 5.74) is 9.01. The van der Waals surface area contributed by atoms with E-state index < -0.39 is 0 Å². The number of ether oxygens (including phenoxy) is 1. The van der Waals surface area contributed by atoms with E-state index in [-0.39, 0.29) is 5.97 Å². The van der Waals surface area contributed by atoms with E-state index in [9.17, 15) is 4.79 Å². The monoisotopic (exact) mass is 249 g/mol. The quantitative estimate of drug-likeness (QED) is 0.599. The van der Waals surface area contributed by atoms with Gasteiger partial charge in [0.15, 0.2) is 0 Å². The lowest BCUT2D eigenvalue weighted by atomic mass is 10.1. The molecule has 1 rings (SSSR count). The van der Waals surface area contributed by atoms with E-state index in [4.69, 9.17) is 10.5 Å². The van der Waals surface area contributed by atoms with E-state index in [0.717, 1.165) is 5.56 Å². The molecular formula is C14H21N2O2+. The molecule has 0 unspecified atom stereocenters. The molecule has 4 heteroatoms. The van der Waals surface area contributed by atoms with E-state index in [0.29, 0.717) is 24.5 Å². The Balaban J connectivity index is 2.67. The Morgan fingerprint density at radius 3 is 2.44 bits per heavy atom. The largest absolute Gasteiger partial charge is 0.458 e. The Labute approximate surface area is 108 Å². The normalized spacial score (nSPS) is 11.9. The maximum atomic E-state index is 11.7. The van der Waals surface area contributed by atoms with Crippen LogP contribution in [-0.4, -0.2) is 12.6 Å². The smallest absolute Gasteiger partial charge is 0.394 e. The molecule has 0 aliphatic heterocycles. The van der Waals surface area contributed by atoms with E-state index in [1.54, 1.807) is 13.8 Å². The number of benzene rings is 1.